The van der Waals surface area contributed by atoms with Gasteiger partial charge in [-0.1, -0.05) is 30.3 Å². The van der Waals surface area contributed by atoms with E-state index in [-0.39, 0.29) is 17.8 Å². The van der Waals surface area contributed by atoms with Gasteiger partial charge in [0.1, 0.15) is 16.5 Å². The summed E-state index contributed by atoms with van der Waals surface area (Å²) in [5.41, 5.74) is 3.80. The molecule has 2 aromatic heterocycles. The van der Waals surface area contributed by atoms with Gasteiger partial charge in [-0.15, -0.1) is 11.3 Å². The number of para-hydroxylation sites is 1. The minimum Gasteiger partial charge on any atom is -0.450 e. The average Bonchev–Trinajstić information content (AvgIpc) is 3.60. The number of carbonyl (C=O) groups excluding carboxylic acids is 2. The predicted molar refractivity (Wildman–Crippen MR) is 149 cm³/mol. The molecule has 0 unspecified atom stereocenters. The van der Waals surface area contributed by atoms with Crippen LogP contribution in [-0.4, -0.2) is 76.0 Å². The van der Waals surface area contributed by atoms with Crippen LogP contribution in [0.3, 0.4) is 0 Å². The summed E-state index contributed by atoms with van der Waals surface area (Å²) in [4.78, 5) is 38.7. The van der Waals surface area contributed by atoms with Crippen molar-refractivity contribution in [2.75, 3.05) is 39.3 Å². The molecule has 10 heteroatoms. The standard InChI is InChI=1S/C29H32FN5O3S/c1-2-38-29(37)35-15-13-34(14-16-35)28(36)26-20-39-27(32-26)19-33(18-21-7-9-23(30)10-8-21)12-11-22-17-31-25-6-4-3-5-24(22)25/h3-10,17,20,31H,2,11-16,18-19H2,1H3. The van der Waals surface area contributed by atoms with Crippen molar-refractivity contribution in [2.24, 2.45) is 0 Å². The van der Waals surface area contributed by atoms with E-state index in [0.717, 1.165) is 29.1 Å². The van der Waals surface area contributed by atoms with Crippen molar-refractivity contribution in [1.29, 1.82) is 0 Å². The number of aromatic amines is 1. The molecular weight excluding hydrogens is 517 g/mol. The molecule has 0 spiro atoms. The normalized spacial score (nSPS) is 13.8. The number of carbonyl (C=O) groups is 2. The predicted octanol–water partition coefficient (Wildman–Crippen LogP) is 4.92. The van der Waals surface area contributed by atoms with Crippen molar-refractivity contribution in [3.05, 3.63) is 87.8 Å². The lowest BCUT2D eigenvalue weighted by Gasteiger charge is -2.33. The largest absolute Gasteiger partial charge is 0.450 e. The number of amides is 2. The smallest absolute Gasteiger partial charge is 0.409 e. The second kappa shape index (κ2) is 12.4. The molecule has 0 atom stereocenters. The monoisotopic (exact) mass is 549 g/mol. The number of ether oxygens (including phenoxy) is 1. The molecule has 1 aliphatic heterocycles. The molecule has 1 aliphatic rings. The maximum Gasteiger partial charge on any atom is 0.409 e. The molecule has 3 heterocycles. The third kappa shape index (κ3) is 6.63. The highest BCUT2D eigenvalue weighted by Crippen LogP contribution is 2.21. The summed E-state index contributed by atoms with van der Waals surface area (Å²) >= 11 is 1.47. The first-order valence-electron chi connectivity index (χ1n) is 13.2. The molecule has 5 rings (SSSR count). The van der Waals surface area contributed by atoms with Crippen LogP contribution in [0.2, 0.25) is 0 Å². The number of hydrogen-bond acceptors (Lipinski definition) is 6. The van der Waals surface area contributed by atoms with Crippen LogP contribution in [-0.2, 0) is 24.2 Å². The van der Waals surface area contributed by atoms with Gasteiger partial charge < -0.3 is 19.5 Å². The second-order valence-electron chi connectivity index (χ2n) is 9.55. The molecule has 204 valence electrons. The molecule has 2 aromatic carbocycles. The summed E-state index contributed by atoms with van der Waals surface area (Å²) in [6, 6.07) is 14.8. The van der Waals surface area contributed by atoms with E-state index in [2.05, 4.69) is 33.2 Å². The molecule has 2 amide bonds. The summed E-state index contributed by atoms with van der Waals surface area (Å²) in [7, 11) is 0. The Kier molecular flexibility index (Phi) is 8.53. The van der Waals surface area contributed by atoms with Crippen LogP contribution >= 0.6 is 11.3 Å². The molecule has 0 radical (unpaired) electrons. The van der Waals surface area contributed by atoms with Gasteiger partial charge in [-0.25, -0.2) is 14.2 Å². The summed E-state index contributed by atoms with van der Waals surface area (Å²) in [5.74, 6) is -0.375. The summed E-state index contributed by atoms with van der Waals surface area (Å²) in [6.45, 7) is 5.90. The number of benzene rings is 2. The Labute approximate surface area is 231 Å². The lowest BCUT2D eigenvalue weighted by atomic mass is 10.1. The number of nitrogens with zero attached hydrogens (tertiary/aromatic N) is 4. The molecule has 4 aromatic rings. The molecule has 1 N–H and O–H groups in total. The van der Waals surface area contributed by atoms with Crippen molar-refractivity contribution in [1.82, 2.24) is 24.7 Å². The van der Waals surface area contributed by atoms with Crippen molar-refractivity contribution in [3.63, 3.8) is 0 Å². The molecule has 39 heavy (non-hydrogen) atoms. The van der Waals surface area contributed by atoms with Crippen LogP contribution in [0.5, 0.6) is 0 Å². The molecule has 1 saturated heterocycles. The van der Waals surface area contributed by atoms with E-state index in [1.807, 2.05) is 17.5 Å². The van der Waals surface area contributed by atoms with Crippen LogP contribution in [0, 0.1) is 5.82 Å². The van der Waals surface area contributed by atoms with Gasteiger partial charge in [0.15, 0.2) is 0 Å². The van der Waals surface area contributed by atoms with Gasteiger partial charge in [0, 0.05) is 61.7 Å². The van der Waals surface area contributed by atoms with E-state index in [1.54, 1.807) is 28.9 Å². The Morgan fingerprint density at radius 1 is 1.05 bits per heavy atom. The van der Waals surface area contributed by atoms with Crippen molar-refractivity contribution in [3.8, 4) is 0 Å². The summed E-state index contributed by atoms with van der Waals surface area (Å²) < 4.78 is 18.6. The topological polar surface area (TPSA) is 81.8 Å². The first-order chi connectivity index (χ1) is 19.0. The third-order valence-electron chi connectivity index (χ3n) is 6.91. The number of thiazole rings is 1. The van der Waals surface area contributed by atoms with Crippen molar-refractivity contribution < 1.29 is 18.7 Å². The number of H-pyrrole nitrogens is 1. The van der Waals surface area contributed by atoms with E-state index in [1.165, 1.54) is 34.4 Å². The first kappa shape index (κ1) is 26.8. The Morgan fingerprint density at radius 3 is 2.56 bits per heavy atom. The lowest BCUT2D eigenvalue weighted by molar-refractivity contribution is 0.0566. The fraction of sp³-hybridized carbons (Fsp3) is 0.345. The van der Waals surface area contributed by atoms with Crippen molar-refractivity contribution in [2.45, 2.75) is 26.4 Å². The molecule has 0 saturated carbocycles. The Bertz CT molecular complexity index is 1410. The van der Waals surface area contributed by atoms with Gasteiger partial charge in [0.25, 0.3) is 5.91 Å². The second-order valence-corrected chi connectivity index (χ2v) is 10.5. The van der Waals surface area contributed by atoms with Crippen molar-refractivity contribution >= 4 is 34.2 Å². The van der Waals surface area contributed by atoms with E-state index in [0.29, 0.717) is 51.6 Å². The SMILES string of the molecule is CCOC(=O)N1CCN(C(=O)c2csc(CN(CCc3c[nH]c4ccccc34)Cc3ccc(F)cc3)n2)CC1. The van der Waals surface area contributed by atoms with E-state index < -0.39 is 0 Å². The molecule has 0 aliphatic carbocycles. The van der Waals surface area contributed by atoms with Crippen LogP contribution in [0.25, 0.3) is 10.9 Å². The van der Waals surface area contributed by atoms with Gasteiger partial charge in [0.2, 0.25) is 0 Å². The fourth-order valence-electron chi connectivity index (χ4n) is 4.82. The first-order valence-corrected chi connectivity index (χ1v) is 14.1. The number of nitrogens with one attached hydrogen (secondary N) is 1. The van der Waals surface area contributed by atoms with Gasteiger partial charge in [-0.3, -0.25) is 9.69 Å². The van der Waals surface area contributed by atoms with E-state index in [4.69, 9.17) is 4.74 Å². The number of fused-ring (bicyclic) bond motifs is 1. The highest BCUT2D eigenvalue weighted by Gasteiger charge is 2.27. The maximum absolute atomic E-state index is 13.5. The highest BCUT2D eigenvalue weighted by molar-refractivity contribution is 7.09. The Morgan fingerprint density at radius 2 is 1.79 bits per heavy atom. The van der Waals surface area contributed by atoms with Gasteiger partial charge >= 0.3 is 6.09 Å². The molecular formula is C29H32FN5O3S. The minimum atomic E-state index is -0.338. The van der Waals surface area contributed by atoms with Crippen LogP contribution < -0.4 is 0 Å². The minimum absolute atomic E-state index is 0.120. The summed E-state index contributed by atoms with van der Waals surface area (Å²) in [6.07, 6.45) is 2.56. The zero-order valence-electron chi connectivity index (χ0n) is 21.9. The number of piperazine rings is 1. The Hall–Kier alpha value is -3.76. The van der Waals surface area contributed by atoms with E-state index in [9.17, 15) is 14.0 Å². The van der Waals surface area contributed by atoms with Gasteiger partial charge in [0.05, 0.1) is 13.2 Å². The zero-order valence-corrected chi connectivity index (χ0v) is 22.8. The molecule has 8 nitrogen and oxygen atoms in total. The number of aromatic nitrogens is 2. The lowest BCUT2D eigenvalue weighted by Crippen LogP contribution is -2.50. The number of rotatable bonds is 9. The van der Waals surface area contributed by atoms with Gasteiger partial charge in [-0.05, 0) is 42.7 Å². The summed E-state index contributed by atoms with van der Waals surface area (Å²) in [5, 5.41) is 3.87. The highest BCUT2D eigenvalue weighted by atomic mass is 32.1. The van der Waals surface area contributed by atoms with Crippen LogP contribution in [0.15, 0.2) is 60.1 Å². The van der Waals surface area contributed by atoms with Gasteiger partial charge in [-0.2, -0.15) is 0 Å². The number of hydrogen-bond donors (Lipinski definition) is 1. The van der Waals surface area contributed by atoms with E-state index >= 15 is 0 Å². The number of halogens is 1. The Balaban J connectivity index is 1.24. The zero-order chi connectivity index (χ0) is 27.2. The van der Waals surface area contributed by atoms with Crippen LogP contribution in [0.4, 0.5) is 9.18 Å². The van der Waals surface area contributed by atoms with Crippen LogP contribution in [0.1, 0.15) is 33.5 Å². The molecule has 1 fully saturated rings. The quantitative estimate of drug-likeness (QED) is 0.321. The maximum atomic E-state index is 13.5. The average molecular weight is 550 g/mol. The fourth-order valence-corrected chi connectivity index (χ4v) is 5.63. The third-order valence-corrected chi connectivity index (χ3v) is 7.75. The molecule has 0 bridgehead atoms.